The third-order valence-corrected chi connectivity index (χ3v) is 3.85. The van der Waals surface area contributed by atoms with E-state index in [1.54, 1.807) is 19.1 Å². The summed E-state index contributed by atoms with van der Waals surface area (Å²) in [6.45, 7) is 2.44. The summed E-state index contributed by atoms with van der Waals surface area (Å²) in [6, 6.07) is 5.39. The summed E-state index contributed by atoms with van der Waals surface area (Å²) in [5.74, 6) is 2.92. The average Bonchev–Trinajstić information content (AvgIpc) is 2.78. The van der Waals surface area contributed by atoms with Gasteiger partial charge in [-0.2, -0.15) is 4.98 Å². The van der Waals surface area contributed by atoms with Crippen LogP contribution in [0.3, 0.4) is 0 Å². The number of anilines is 4. The number of primary amides is 1. The van der Waals surface area contributed by atoms with Crippen molar-refractivity contribution in [2.45, 2.75) is 12.5 Å². The fourth-order valence-electron chi connectivity index (χ4n) is 2.46. The van der Waals surface area contributed by atoms with Gasteiger partial charge in [0.05, 0.1) is 17.8 Å². The van der Waals surface area contributed by atoms with Crippen molar-refractivity contribution >= 4 is 29.0 Å². The number of terminal acetylenes is 1. The number of aliphatic hydroxyl groups is 1. The van der Waals surface area contributed by atoms with E-state index in [1.807, 2.05) is 6.07 Å². The van der Waals surface area contributed by atoms with Gasteiger partial charge < -0.3 is 31.5 Å². The first-order valence-corrected chi connectivity index (χ1v) is 8.22. The summed E-state index contributed by atoms with van der Waals surface area (Å²) in [7, 11) is 0. The number of hydrogen-bond donors (Lipinski definition) is 5. The van der Waals surface area contributed by atoms with E-state index in [-0.39, 0.29) is 30.5 Å². The van der Waals surface area contributed by atoms with Crippen molar-refractivity contribution in [2.75, 3.05) is 35.6 Å². The van der Waals surface area contributed by atoms with Crippen LogP contribution in [0, 0.1) is 12.3 Å². The highest BCUT2D eigenvalue weighted by Gasteiger charge is 2.25. The quantitative estimate of drug-likeness (QED) is 0.492. The lowest BCUT2D eigenvalue weighted by molar-refractivity contribution is 0.0271. The molecule has 9 nitrogen and oxygen atoms in total. The first kappa shape index (κ1) is 18.3. The van der Waals surface area contributed by atoms with Crippen molar-refractivity contribution in [1.29, 1.82) is 0 Å². The molecule has 0 unspecified atom stereocenters. The first-order valence-electron chi connectivity index (χ1n) is 8.22. The van der Waals surface area contributed by atoms with Gasteiger partial charge in [0, 0.05) is 18.4 Å². The van der Waals surface area contributed by atoms with Crippen LogP contribution in [-0.2, 0) is 0 Å². The number of amides is 1. The third-order valence-electron chi connectivity index (χ3n) is 3.85. The van der Waals surface area contributed by atoms with E-state index >= 15 is 0 Å². The zero-order valence-corrected chi connectivity index (χ0v) is 14.7. The summed E-state index contributed by atoms with van der Waals surface area (Å²) < 4.78 is 5.62. The molecule has 1 amide bonds. The summed E-state index contributed by atoms with van der Waals surface area (Å²) in [6.07, 6.45) is 6.57. The molecule has 0 spiro atoms. The molecule has 140 valence electrons. The van der Waals surface area contributed by atoms with Crippen LogP contribution in [0.4, 0.5) is 23.1 Å². The molecule has 1 aromatic heterocycles. The number of aromatic nitrogens is 2. The second-order valence-electron chi connectivity index (χ2n) is 6.35. The average molecular weight is 368 g/mol. The van der Waals surface area contributed by atoms with Crippen LogP contribution >= 0.6 is 0 Å². The molecule has 0 fully saturated rings. The summed E-state index contributed by atoms with van der Waals surface area (Å²) >= 11 is 0. The van der Waals surface area contributed by atoms with Gasteiger partial charge in [-0.25, -0.2) is 4.98 Å². The highest BCUT2D eigenvalue weighted by molar-refractivity contribution is 5.97. The van der Waals surface area contributed by atoms with Crippen LogP contribution < -0.4 is 26.4 Å². The Morgan fingerprint density at radius 2 is 2.37 bits per heavy atom. The molecule has 1 aliphatic rings. The fraction of sp³-hybridized carbons (Fsp3) is 0.278. The molecule has 6 N–H and O–H groups in total. The number of carbonyl (C=O) groups excluding carboxylic acids is 1. The van der Waals surface area contributed by atoms with Crippen molar-refractivity contribution in [3.63, 3.8) is 0 Å². The molecular formula is C18H20N6O3. The van der Waals surface area contributed by atoms with Gasteiger partial charge in [-0.3, -0.25) is 4.79 Å². The lowest BCUT2D eigenvalue weighted by Crippen LogP contribution is -2.37. The molecule has 2 heterocycles. The van der Waals surface area contributed by atoms with E-state index in [0.717, 1.165) is 5.69 Å². The topological polar surface area (TPSA) is 134 Å². The number of ether oxygens (including phenoxy) is 1. The van der Waals surface area contributed by atoms with Crippen LogP contribution in [0.1, 0.15) is 17.3 Å². The highest BCUT2D eigenvalue weighted by atomic mass is 16.5. The molecular weight excluding hydrogens is 348 g/mol. The predicted octanol–water partition coefficient (Wildman–Crippen LogP) is 0.919. The van der Waals surface area contributed by atoms with Crippen LogP contribution in [0.15, 0.2) is 24.4 Å². The molecule has 27 heavy (non-hydrogen) atoms. The van der Waals surface area contributed by atoms with Crippen molar-refractivity contribution in [2.24, 2.45) is 5.73 Å². The number of benzene rings is 1. The Hall–Kier alpha value is -3.51. The lowest BCUT2D eigenvalue weighted by atomic mass is 10.1. The van der Waals surface area contributed by atoms with E-state index in [0.29, 0.717) is 18.0 Å². The maximum atomic E-state index is 11.5. The van der Waals surface area contributed by atoms with Gasteiger partial charge in [0.1, 0.15) is 23.8 Å². The molecule has 0 saturated heterocycles. The Balaban J connectivity index is 1.83. The van der Waals surface area contributed by atoms with Crippen LogP contribution in [0.25, 0.3) is 0 Å². The predicted molar refractivity (Wildman–Crippen MR) is 102 cm³/mol. The van der Waals surface area contributed by atoms with Gasteiger partial charge in [-0.05, 0) is 25.1 Å². The molecule has 3 rings (SSSR count). The number of carbonyl (C=O) groups is 1. The SMILES string of the molecule is C#CCNc1nc(Nc2ccc3c(c2)NC[C@@](C)(O)CO3)ncc1C(N)=O. The lowest BCUT2D eigenvalue weighted by Gasteiger charge is -2.19. The maximum absolute atomic E-state index is 11.5. The van der Waals surface area contributed by atoms with Crippen molar-refractivity contribution in [3.8, 4) is 18.1 Å². The molecule has 0 aliphatic carbocycles. The third kappa shape index (κ3) is 4.37. The number of fused-ring (bicyclic) bond motifs is 1. The van der Waals surface area contributed by atoms with E-state index in [2.05, 4.69) is 31.8 Å². The number of hydrogen-bond acceptors (Lipinski definition) is 8. The molecule has 0 radical (unpaired) electrons. The second kappa shape index (κ2) is 7.39. The molecule has 1 aliphatic heterocycles. The number of nitrogens with two attached hydrogens (primary N) is 1. The van der Waals surface area contributed by atoms with Gasteiger partial charge >= 0.3 is 0 Å². The maximum Gasteiger partial charge on any atom is 0.254 e. The molecule has 1 atom stereocenters. The Bertz CT molecular complexity index is 906. The largest absolute Gasteiger partial charge is 0.488 e. The van der Waals surface area contributed by atoms with Gasteiger partial charge in [-0.1, -0.05) is 5.92 Å². The van der Waals surface area contributed by atoms with E-state index in [9.17, 15) is 9.90 Å². The Labute approximate surface area is 156 Å². The minimum absolute atomic E-state index is 0.148. The standard InChI is InChI=1S/C18H20N6O3/c1-3-6-20-16-12(15(19)25)8-21-17(24-16)23-11-4-5-14-13(7-11)22-9-18(2,26)10-27-14/h1,4-5,7-8,22,26H,6,9-10H2,2H3,(H2,19,25)(H2,20,21,23,24)/t18-/m1/s1. The normalized spacial score (nSPS) is 18.1. The number of nitrogens with one attached hydrogen (secondary N) is 3. The summed E-state index contributed by atoms with van der Waals surface area (Å²) in [4.78, 5) is 19.9. The number of nitrogens with zero attached hydrogens (tertiary/aromatic N) is 2. The molecule has 9 heteroatoms. The van der Waals surface area contributed by atoms with Crippen molar-refractivity contribution in [3.05, 3.63) is 30.0 Å². The van der Waals surface area contributed by atoms with Gasteiger partial charge in [0.2, 0.25) is 5.95 Å². The minimum Gasteiger partial charge on any atom is -0.488 e. The monoisotopic (exact) mass is 368 g/mol. The van der Waals surface area contributed by atoms with Gasteiger partial charge in [-0.15, -0.1) is 6.42 Å². The van der Waals surface area contributed by atoms with Crippen LogP contribution in [0.2, 0.25) is 0 Å². The fourth-order valence-corrected chi connectivity index (χ4v) is 2.46. The van der Waals surface area contributed by atoms with Crippen LogP contribution in [-0.4, -0.2) is 46.3 Å². The number of rotatable bonds is 5. The van der Waals surface area contributed by atoms with Crippen molar-refractivity contribution in [1.82, 2.24) is 9.97 Å². The van der Waals surface area contributed by atoms with E-state index < -0.39 is 11.5 Å². The van der Waals surface area contributed by atoms with Crippen molar-refractivity contribution < 1.29 is 14.6 Å². The van der Waals surface area contributed by atoms with E-state index in [4.69, 9.17) is 16.9 Å². The molecule has 1 aromatic carbocycles. The minimum atomic E-state index is -0.960. The Morgan fingerprint density at radius 1 is 1.56 bits per heavy atom. The smallest absolute Gasteiger partial charge is 0.254 e. The van der Waals surface area contributed by atoms with Crippen LogP contribution in [0.5, 0.6) is 5.75 Å². The second-order valence-corrected chi connectivity index (χ2v) is 6.35. The summed E-state index contributed by atoms with van der Waals surface area (Å²) in [5, 5.41) is 19.2. The number of β-amino-alcohol motifs (C(OH)–C–C–N with tert-alkyl or cyclic N) is 1. The van der Waals surface area contributed by atoms with E-state index in [1.165, 1.54) is 6.20 Å². The molecule has 0 saturated carbocycles. The first-order chi connectivity index (χ1) is 12.9. The Kier molecular flexibility index (Phi) is 5.00. The Morgan fingerprint density at radius 3 is 3.11 bits per heavy atom. The zero-order valence-electron chi connectivity index (χ0n) is 14.7. The van der Waals surface area contributed by atoms with Gasteiger partial charge in [0.25, 0.3) is 5.91 Å². The van der Waals surface area contributed by atoms with Gasteiger partial charge in [0.15, 0.2) is 0 Å². The zero-order chi connectivity index (χ0) is 19.4. The highest BCUT2D eigenvalue weighted by Crippen LogP contribution is 2.32. The summed E-state index contributed by atoms with van der Waals surface area (Å²) in [5.41, 5.74) is 5.95. The molecule has 0 bridgehead atoms. The molecule has 2 aromatic rings.